The normalized spacial score (nSPS) is 8.67. The fourth-order valence-electron chi connectivity index (χ4n) is 0.134. The van der Waals surface area contributed by atoms with E-state index in [1.165, 1.54) is 6.42 Å². The van der Waals surface area contributed by atoms with Gasteiger partial charge in [-0.2, -0.15) is 0 Å². The van der Waals surface area contributed by atoms with Gasteiger partial charge in [-0.25, -0.2) is 0 Å². The maximum Gasteiger partial charge on any atom is 0.0223 e. The Bertz CT molecular complexity index is 33.1. The van der Waals surface area contributed by atoms with Crippen LogP contribution in [0.25, 0.3) is 0 Å². The first kappa shape index (κ1) is 12.4. The molecular weight excluding hydrogens is 199 g/mol. The molecule has 0 bridgehead atoms. The zero-order chi connectivity index (χ0) is 7.70. The third-order valence-corrected chi connectivity index (χ3v) is 0.754. The molecule has 0 radical (unpaired) electrons. The lowest BCUT2D eigenvalue weighted by Crippen LogP contribution is -1.69. The summed E-state index contributed by atoms with van der Waals surface area (Å²) >= 11 is 8.57. The fourth-order valence-corrected chi connectivity index (χ4v) is 0.401. The Morgan fingerprint density at radius 1 is 1.44 bits per heavy atom. The first-order valence-electron chi connectivity index (χ1n) is 3.35. The van der Waals surface area contributed by atoms with Gasteiger partial charge in [-0.05, 0) is 6.42 Å². The molecule has 0 unspecified atom stereocenters. The van der Waals surface area contributed by atoms with Crippen molar-refractivity contribution in [2.24, 2.45) is 0 Å². The minimum Gasteiger partial charge on any atom is -0.127 e. The second kappa shape index (κ2) is 11.6. The van der Waals surface area contributed by atoms with Crippen molar-refractivity contribution < 1.29 is 0 Å². The van der Waals surface area contributed by atoms with Gasteiger partial charge in [0.1, 0.15) is 0 Å². The van der Waals surface area contributed by atoms with Crippen LogP contribution < -0.4 is 0 Å². The van der Waals surface area contributed by atoms with E-state index in [1.807, 2.05) is 0 Å². The third kappa shape index (κ3) is 52.4. The van der Waals surface area contributed by atoms with E-state index in [2.05, 4.69) is 36.7 Å². The Labute approximate surface area is 72.1 Å². The highest BCUT2D eigenvalue weighted by atomic mass is 79.9. The molecule has 0 saturated heterocycles. The van der Waals surface area contributed by atoms with Gasteiger partial charge in [0.2, 0.25) is 0 Å². The lowest BCUT2D eigenvalue weighted by Gasteiger charge is -1.77. The van der Waals surface area contributed by atoms with Crippen LogP contribution in [-0.2, 0) is 0 Å². The second-order valence-electron chi connectivity index (χ2n) is 2.06. The molecule has 0 spiro atoms. The smallest absolute Gasteiger partial charge is 0.0223 e. The zero-order valence-electron chi connectivity index (χ0n) is 6.45. The largest absolute Gasteiger partial charge is 0.127 e. The van der Waals surface area contributed by atoms with Gasteiger partial charge >= 0.3 is 0 Å². The predicted octanol–water partition coefficient (Wildman–Crippen LogP) is 3.82. The van der Waals surface area contributed by atoms with Crippen molar-refractivity contribution in [3.8, 4) is 0 Å². The lowest BCUT2D eigenvalue weighted by atomic mass is 10.4. The molecule has 0 rings (SSSR count). The molecule has 0 atom stereocenters. The van der Waals surface area contributed by atoms with Crippen LogP contribution in [0.5, 0.6) is 0 Å². The van der Waals surface area contributed by atoms with Gasteiger partial charge in [-0.15, -0.1) is 11.6 Å². The van der Waals surface area contributed by atoms with Gasteiger partial charge in [0.25, 0.3) is 0 Å². The topological polar surface area (TPSA) is 0 Å². The molecule has 0 saturated carbocycles. The summed E-state index contributed by atoms with van der Waals surface area (Å²) in [5.74, 6) is 0.816. The van der Waals surface area contributed by atoms with Crippen LogP contribution >= 0.6 is 27.5 Å². The molecule has 0 heterocycles. The summed E-state index contributed by atoms with van der Waals surface area (Å²) in [7, 11) is 0. The first-order chi connectivity index (χ1) is 4.15. The van der Waals surface area contributed by atoms with Gasteiger partial charge in [0, 0.05) is 10.7 Å². The Kier molecular flexibility index (Phi) is 16.0. The molecule has 0 aromatic heterocycles. The van der Waals surface area contributed by atoms with E-state index in [0.29, 0.717) is 4.83 Å². The van der Waals surface area contributed by atoms with Crippen molar-refractivity contribution in [3.63, 3.8) is 0 Å². The van der Waals surface area contributed by atoms with Crippen molar-refractivity contribution in [3.05, 3.63) is 0 Å². The van der Waals surface area contributed by atoms with Crippen LogP contribution in [0.1, 0.15) is 33.6 Å². The minimum atomic E-state index is 0.646. The Balaban J connectivity index is 0. The van der Waals surface area contributed by atoms with Gasteiger partial charge in [-0.1, -0.05) is 43.1 Å². The molecule has 0 nitrogen and oxygen atoms in total. The summed E-state index contributed by atoms with van der Waals surface area (Å²) < 4.78 is 0. The number of hydrogen-bond donors (Lipinski definition) is 0. The average Bonchev–Trinajstić information content (AvgIpc) is 1.66. The van der Waals surface area contributed by atoms with E-state index in [4.69, 9.17) is 11.6 Å². The summed E-state index contributed by atoms with van der Waals surface area (Å²) in [5, 5.41) is 0. The monoisotopic (exact) mass is 214 g/mol. The standard InChI is InChI=1S/C4H9Cl.C3H7Br/c1-2-3-4-5;1-3(2)4/h2-4H2,1H3;3H,1-2H3. The molecule has 0 aliphatic rings. The predicted molar refractivity (Wildman–Crippen MR) is 49.7 cm³/mol. The quantitative estimate of drug-likeness (QED) is 0.615. The van der Waals surface area contributed by atoms with Crippen LogP contribution in [0.15, 0.2) is 0 Å². The number of rotatable bonds is 2. The molecule has 0 fully saturated rings. The number of halogens is 2. The number of unbranched alkanes of at least 4 members (excludes halogenated alkanes) is 1. The average molecular weight is 216 g/mol. The minimum absolute atomic E-state index is 0.646. The highest BCUT2D eigenvalue weighted by molar-refractivity contribution is 9.09. The molecule has 0 aromatic carbocycles. The third-order valence-electron chi connectivity index (χ3n) is 0.487. The maximum absolute atomic E-state index is 5.30. The van der Waals surface area contributed by atoms with Crippen LogP contribution in [0, 0.1) is 0 Å². The van der Waals surface area contributed by atoms with Gasteiger partial charge < -0.3 is 0 Å². The fraction of sp³-hybridized carbons (Fsp3) is 1.00. The second-order valence-corrected chi connectivity index (χ2v) is 4.27. The van der Waals surface area contributed by atoms with Crippen LogP contribution in [-0.4, -0.2) is 10.7 Å². The molecule has 0 amide bonds. The van der Waals surface area contributed by atoms with Gasteiger partial charge in [-0.3, -0.25) is 0 Å². The summed E-state index contributed by atoms with van der Waals surface area (Å²) in [6, 6.07) is 0. The summed E-state index contributed by atoms with van der Waals surface area (Å²) in [6.07, 6.45) is 2.37. The van der Waals surface area contributed by atoms with E-state index in [-0.39, 0.29) is 0 Å². The van der Waals surface area contributed by atoms with Crippen LogP contribution in [0.3, 0.4) is 0 Å². The SMILES string of the molecule is CC(C)Br.CCCCCl. The van der Waals surface area contributed by atoms with Crippen molar-refractivity contribution in [2.75, 3.05) is 5.88 Å². The molecule has 58 valence electrons. The van der Waals surface area contributed by atoms with E-state index in [1.54, 1.807) is 0 Å². The molecule has 0 N–H and O–H groups in total. The highest BCUT2D eigenvalue weighted by Crippen LogP contribution is 1.89. The van der Waals surface area contributed by atoms with E-state index < -0.39 is 0 Å². The van der Waals surface area contributed by atoms with E-state index in [0.717, 1.165) is 12.3 Å². The summed E-state index contributed by atoms with van der Waals surface area (Å²) in [5.41, 5.74) is 0. The first-order valence-corrected chi connectivity index (χ1v) is 4.80. The number of alkyl halides is 2. The van der Waals surface area contributed by atoms with Crippen molar-refractivity contribution in [2.45, 2.75) is 38.4 Å². The molecule has 2 heteroatoms. The molecule has 0 aliphatic heterocycles. The Morgan fingerprint density at radius 2 is 1.78 bits per heavy atom. The number of hydrogen-bond acceptors (Lipinski definition) is 0. The molecule has 0 aromatic rings. The van der Waals surface area contributed by atoms with Crippen molar-refractivity contribution >= 4 is 27.5 Å². The molecule has 9 heavy (non-hydrogen) atoms. The Hall–Kier alpha value is 0.770. The lowest BCUT2D eigenvalue weighted by molar-refractivity contribution is 0.892. The highest BCUT2D eigenvalue weighted by Gasteiger charge is 1.71. The molecular formula is C7H16BrCl. The van der Waals surface area contributed by atoms with Crippen molar-refractivity contribution in [1.29, 1.82) is 0 Å². The molecule has 0 aliphatic carbocycles. The van der Waals surface area contributed by atoms with Crippen LogP contribution in [0.4, 0.5) is 0 Å². The van der Waals surface area contributed by atoms with Gasteiger partial charge in [0.05, 0.1) is 0 Å². The maximum atomic E-state index is 5.30. The van der Waals surface area contributed by atoms with E-state index in [9.17, 15) is 0 Å². The van der Waals surface area contributed by atoms with Gasteiger partial charge in [0.15, 0.2) is 0 Å². The zero-order valence-corrected chi connectivity index (χ0v) is 8.80. The summed E-state index contributed by atoms with van der Waals surface area (Å²) in [6.45, 7) is 6.29. The summed E-state index contributed by atoms with van der Waals surface area (Å²) in [4.78, 5) is 0.646. The van der Waals surface area contributed by atoms with Crippen LogP contribution in [0.2, 0.25) is 0 Å². The van der Waals surface area contributed by atoms with E-state index >= 15 is 0 Å². The Morgan fingerprint density at radius 3 is 1.78 bits per heavy atom. The van der Waals surface area contributed by atoms with Crippen molar-refractivity contribution in [1.82, 2.24) is 0 Å².